The quantitative estimate of drug-likeness (QED) is 0.827. The number of nitrogens with one attached hydrogen (secondary N) is 1. The monoisotopic (exact) mass is 258 g/mol. The molecule has 1 rings (SSSR count). The molecule has 2 N–H and O–H groups in total. The molecule has 0 heterocycles. The van der Waals surface area contributed by atoms with Crippen molar-refractivity contribution in [3.63, 3.8) is 0 Å². The van der Waals surface area contributed by atoms with E-state index in [0.29, 0.717) is 0 Å². The van der Waals surface area contributed by atoms with Gasteiger partial charge in [0.1, 0.15) is 6.04 Å². The molecule has 5 nitrogen and oxygen atoms in total. The molecule has 0 saturated heterocycles. The highest BCUT2D eigenvalue weighted by atomic mass is 32.2. The van der Waals surface area contributed by atoms with Gasteiger partial charge in [0, 0.05) is 0 Å². The second kappa shape index (κ2) is 5.29. The van der Waals surface area contributed by atoms with Crippen molar-refractivity contribution in [2.24, 2.45) is 5.92 Å². The summed E-state index contributed by atoms with van der Waals surface area (Å²) in [7, 11) is -4.00. The van der Waals surface area contributed by atoms with Crippen LogP contribution in [0.4, 0.5) is 0 Å². The average molecular weight is 258 g/mol. The molecule has 0 spiro atoms. The molecule has 0 bridgehead atoms. The van der Waals surface area contributed by atoms with Gasteiger partial charge in [0.2, 0.25) is 10.0 Å². The molecule has 1 aromatic rings. The maximum absolute atomic E-state index is 12.0. The predicted octanol–water partition coefficient (Wildman–Crippen LogP) is 1.07. The first-order valence-corrected chi connectivity index (χ1v) is 6.55. The van der Waals surface area contributed by atoms with E-state index in [-0.39, 0.29) is 10.9 Å². The van der Waals surface area contributed by atoms with Gasteiger partial charge >= 0.3 is 5.97 Å². The standard InChI is InChI=1S/C11H15NO4S/c1-8(2)10(11(13)14)12-17(15,16)9-6-4-3-5-7-9/h3-8,10,12H,1-2H3,(H,13,14)/t10-/m0/s1/i6D. The van der Waals surface area contributed by atoms with E-state index in [0.717, 1.165) is 0 Å². The molecule has 0 fully saturated rings. The maximum Gasteiger partial charge on any atom is 0.322 e. The lowest BCUT2D eigenvalue weighted by Crippen LogP contribution is -2.44. The van der Waals surface area contributed by atoms with Crippen LogP contribution >= 0.6 is 0 Å². The molecule has 0 aromatic heterocycles. The van der Waals surface area contributed by atoms with E-state index in [1.54, 1.807) is 19.9 Å². The Kier molecular flexibility index (Phi) is 3.75. The zero-order chi connectivity index (χ0) is 13.9. The lowest BCUT2D eigenvalue weighted by atomic mass is 10.1. The van der Waals surface area contributed by atoms with E-state index in [4.69, 9.17) is 6.48 Å². The van der Waals surface area contributed by atoms with Crippen LogP contribution in [0, 0.1) is 5.92 Å². The zero-order valence-electron chi connectivity index (χ0n) is 10.5. The summed E-state index contributed by atoms with van der Waals surface area (Å²) in [6.07, 6.45) is 0. The van der Waals surface area contributed by atoms with Crippen molar-refractivity contribution >= 4 is 16.0 Å². The summed E-state index contributed by atoms with van der Waals surface area (Å²) in [5, 5.41) is 8.95. The van der Waals surface area contributed by atoms with Gasteiger partial charge < -0.3 is 5.11 Å². The Balaban J connectivity index is 3.09. The van der Waals surface area contributed by atoms with Gasteiger partial charge in [-0.25, -0.2) is 8.42 Å². The lowest BCUT2D eigenvalue weighted by Gasteiger charge is -2.17. The van der Waals surface area contributed by atoms with Gasteiger partial charge in [-0.05, 0) is 18.0 Å². The Morgan fingerprint density at radius 3 is 2.53 bits per heavy atom. The number of sulfonamides is 1. The first-order valence-electron chi connectivity index (χ1n) is 5.56. The summed E-state index contributed by atoms with van der Waals surface area (Å²) in [5.41, 5.74) is 0. The van der Waals surface area contributed by atoms with E-state index < -0.39 is 28.0 Å². The Bertz CT molecular complexity index is 542. The van der Waals surface area contributed by atoms with Crippen LogP contribution in [0.25, 0.3) is 0 Å². The van der Waals surface area contributed by atoms with E-state index >= 15 is 0 Å². The molecule has 17 heavy (non-hydrogen) atoms. The molecule has 1 atom stereocenters. The van der Waals surface area contributed by atoms with Gasteiger partial charge in [0.25, 0.3) is 0 Å². The van der Waals surface area contributed by atoms with Crippen LogP contribution in [0.2, 0.25) is 0 Å². The minimum absolute atomic E-state index is 0.169. The molecular weight excluding hydrogens is 242 g/mol. The van der Waals surface area contributed by atoms with Crippen LogP contribution in [-0.2, 0) is 14.8 Å². The Morgan fingerprint density at radius 1 is 1.41 bits per heavy atom. The zero-order valence-corrected chi connectivity index (χ0v) is 10.4. The van der Waals surface area contributed by atoms with Crippen LogP contribution < -0.4 is 4.72 Å². The van der Waals surface area contributed by atoms with Crippen LogP contribution in [0.15, 0.2) is 35.2 Å². The van der Waals surface area contributed by atoms with Crippen molar-refractivity contribution in [1.82, 2.24) is 4.72 Å². The Hall–Kier alpha value is -1.40. The second-order valence-electron chi connectivity index (χ2n) is 3.91. The second-order valence-corrected chi connectivity index (χ2v) is 5.59. The third-order valence-corrected chi connectivity index (χ3v) is 3.58. The fourth-order valence-electron chi connectivity index (χ4n) is 1.25. The molecule has 0 aliphatic rings. The van der Waals surface area contributed by atoms with Crippen molar-refractivity contribution in [3.8, 4) is 0 Å². The fourth-order valence-corrected chi connectivity index (χ4v) is 2.56. The molecule has 6 heteroatoms. The van der Waals surface area contributed by atoms with Crippen molar-refractivity contribution in [2.75, 3.05) is 0 Å². The lowest BCUT2D eigenvalue weighted by molar-refractivity contribution is -0.140. The van der Waals surface area contributed by atoms with E-state index in [1.807, 2.05) is 0 Å². The average Bonchev–Trinajstić information content (AvgIpc) is 2.25. The number of hydrogen-bond donors (Lipinski definition) is 2. The molecule has 0 aliphatic carbocycles. The largest absolute Gasteiger partial charge is 0.480 e. The predicted molar refractivity (Wildman–Crippen MR) is 63.0 cm³/mol. The van der Waals surface area contributed by atoms with E-state index in [2.05, 4.69) is 4.72 Å². The van der Waals surface area contributed by atoms with Gasteiger partial charge in [-0.1, -0.05) is 32.0 Å². The third kappa shape index (κ3) is 3.54. The Labute approximate surface area is 102 Å². The maximum atomic E-state index is 12.0. The number of rotatable bonds is 5. The third-order valence-electron chi connectivity index (χ3n) is 2.18. The Morgan fingerprint density at radius 2 is 2.06 bits per heavy atom. The van der Waals surface area contributed by atoms with E-state index in [9.17, 15) is 13.2 Å². The first kappa shape index (κ1) is 12.1. The van der Waals surface area contributed by atoms with Crippen molar-refractivity contribution < 1.29 is 19.7 Å². The summed E-state index contributed by atoms with van der Waals surface area (Å²) in [4.78, 5) is 10.7. The molecule has 0 saturated carbocycles. The molecule has 0 unspecified atom stereocenters. The highest BCUT2D eigenvalue weighted by Gasteiger charge is 2.27. The van der Waals surface area contributed by atoms with Crippen molar-refractivity contribution in [2.45, 2.75) is 24.8 Å². The van der Waals surface area contributed by atoms with Gasteiger partial charge in [-0.2, -0.15) is 4.72 Å². The number of benzene rings is 1. The van der Waals surface area contributed by atoms with Crippen LogP contribution in [0.3, 0.4) is 0 Å². The van der Waals surface area contributed by atoms with Crippen molar-refractivity contribution in [1.29, 1.82) is 0 Å². The van der Waals surface area contributed by atoms with Crippen LogP contribution in [0.1, 0.15) is 15.2 Å². The smallest absolute Gasteiger partial charge is 0.322 e. The van der Waals surface area contributed by atoms with Gasteiger partial charge in [0.15, 0.2) is 0 Å². The molecule has 0 radical (unpaired) electrons. The van der Waals surface area contributed by atoms with Gasteiger partial charge in [-0.15, -0.1) is 0 Å². The SMILES string of the molecule is [2H]c1ccccc1S(=O)(=O)N[C@H](C(=O)O)C(C)C. The minimum Gasteiger partial charge on any atom is -0.480 e. The molecular formula is C11H15NO4S. The van der Waals surface area contributed by atoms with Crippen molar-refractivity contribution in [3.05, 3.63) is 30.3 Å². The van der Waals surface area contributed by atoms with E-state index in [1.165, 1.54) is 18.2 Å². The highest BCUT2D eigenvalue weighted by molar-refractivity contribution is 7.89. The summed E-state index contributed by atoms with van der Waals surface area (Å²) >= 11 is 0. The normalized spacial score (nSPS) is 14.4. The summed E-state index contributed by atoms with van der Waals surface area (Å²) in [6, 6.07) is 4.24. The molecule has 1 aromatic carbocycles. The minimum atomic E-state index is -4.00. The summed E-state index contributed by atoms with van der Waals surface area (Å²) < 4.78 is 33.6. The molecule has 94 valence electrons. The summed E-state index contributed by atoms with van der Waals surface area (Å²) in [5.74, 6) is -1.63. The topological polar surface area (TPSA) is 83.5 Å². The number of carboxylic acids is 1. The first-order chi connectivity index (χ1) is 8.25. The highest BCUT2D eigenvalue weighted by Crippen LogP contribution is 2.11. The van der Waals surface area contributed by atoms with Crippen LogP contribution in [-0.4, -0.2) is 25.5 Å². The summed E-state index contributed by atoms with van der Waals surface area (Å²) in [6.45, 7) is 3.21. The number of carboxylic acid groups (broad SMARTS) is 1. The van der Waals surface area contributed by atoms with Gasteiger partial charge in [0.05, 0.1) is 6.27 Å². The number of carbonyl (C=O) groups is 1. The molecule has 0 amide bonds. The number of hydrogen-bond acceptors (Lipinski definition) is 3. The fraction of sp³-hybridized carbons (Fsp3) is 0.364. The number of aliphatic carboxylic acids is 1. The van der Waals surface area contributed by atoms with Gasteiger partial charge in [-0.3, -0.25) is 4.79 Å². The van der Waals surface area contributed by atoms with Crippen LogP contribution in [0.5, 0.6) is 0 Å². The molecule has 0 aliphatic heterocycles.